The molecule has 0 radical (unpaired) electrons. The van der Waals surface area contributed by atoms with Crippen molar-refractivity contribution < 1.29 is 8.42 Å². The van der Waals surface area contributed by atoms with Gasteiger partial charge in [-0.2, -0.15) is 0 Å². The Morgan fingerprint density at radius 1 is 1.38 bits per heavy atom. The minimum atomic E-state index is -3.31. The van der Waals surface area contributed by atoms with Gasteiger partial charge in [-0.15, -0.1) is 11.6 Å². The standard InChI is InChI=1S/C10H13Cl2NO2S/c1-8-7-9(12)3-4-10(8)13-16(14,15)6-2-5-11/h3-4,7,13H,2,5-6H2,1H3. The molecule has 90 valence electrons. The summed E-state index contributed by atoms with van der Waals surface area (Å²) in [5, 5.41) is 0.584. The van der Waals surface area contributed by atoms with E-state index in [9.17, 15) is 8.42 Å². The zero-order valence-electron chi connectivity index (χ0n) is 8.83. The molecule has 0 saturated heterocycles. The Kier molecular flexibility index (Phi) is 4.89. The molecular weight excluding hydrogens is 269 g/mol. The van der Waals surface area contributed by atoms with Gasteiger partial charge in [-0.05, 0) is 37.1 Å². The molecule has 6 heteroatoms. The Bertz CT molecular complexity index is 460. The normalized spacial score (nSPS) is 11.4. The molecule has 16 heavy (non-hydrogen) atoms. The summed E-state index contributed by atoms with van der Waals surface area (Å²) in [6, 6.07) is 5.00. The summed E-state index contributed by atoms with van der Waals surface area (Å²) in [5.41, 5.74) is 1.35. The van der Waals surface area contributed by atoms with Crippen LogP contribution in [0.25, 0.3) is 0 Å². The molecule has 0 saturated carbocycles. The lowest BCUT2D eigenvalue weighted by molar-refractivity contribution is 0.600. The summed E-state index contributed by atoms with van der Waals surface area (Å²) < 4.78 is 25.7. The highest BCUT2D eigenvalue weighted by Crippen LogP contribution is 2.20. The molecule has 0 aromatic heterocycles. The summed E-state index contributed by atoms with van der Waals surface area (Å²) in [7, 11) is -3.31. The van der Waals surface area contributed by atoms with E-state index in [0.717, 1.165) is 5.56 Å². The SMILES string of the molecule is Cc1cc(Cl)ccc1NS(=O)(=O)CCCCl. The van der Waals surface area contributed by atoms with Gasteiger partial charge in [-0.3, -0.25) is 4.72 Å². The molecule has 0 aliphatic rings. The first-order valence-electron chi connectivity index (χ1n) is 4.77. The van der Waals surface area contributed by atoms with E-state index < -0.39 is 10.0 Å². The van der Waals surface area contributed by atoms with Gasteiger partial charge < -0.3 is 0 Å². The van der Waals surface area contributed by atoms with Crippen molar-refractivity contribution in [1.82, 2.24) is 0 Å². The van der Waals surface area contributed by atoms with Crippen molar-refractivity contribution in [2.24, 2.45) is 0 Å². The quantitative estimate of drug-likeness (QED) is 0.844. The molecule has 1 rings (SSSR count). The largest absolute Gasteiger partial charge is 0.283 e. The van der Waals surface area contributed by atoms with Crippen molar-refractivity contribution in [3.63, 3.8) is 0 Å². The molecular formula is C10H13Cl2NO2S. The topological polar surface area (TPSA) is 46.2 Å². The Morgan fingerprint density at radius 2 is 2.06 bits per heavy atom. The maximum absolute atomic E-state index is 11.6. The van der Waals surface area contributed by atoms with Gasteiger partial charge in [0.1, 0.15) is 0 Å². The molecule has 0 atom stereocenters. The molecule has 3 nitrogen and oxygen atoms in total. The summed E-state index contributed by atoms with van der Waals surface area (Å²) in [6.07, 6.45) is 0.434. The van der Waals surface area contributed by atoms with Crippen LogP contribution in [0, 0.1) is 6.92 Å². The highest BCUT2D eigenvalue weighted by molar-refractivity contribution is 7.92. The van der Waals surface area contributed by atoms with Crippen LogP contribution in [0.15, 0.2) is 18.2 Å². The minimum Gasteiger partial charge on any atom is -0.283 e. The van der Waals surface area contributed by atoms with Crippen LogP contribution >= 0.6 is 23.2 Å². The Hall–Kier alpha value is -0.450. The van der Waals surface area contributed by atoms with E-state index in [1.54, 1.807) is 25.1 Å². The van der Waals surface area contributed by atoms with Crippen LogP contribution in [0.1, 0.15) is 12.0 Å². The van der Waals surface area contributed by atoms with Gasteiger partial charge in [0.05, 0.1) is 11.4 Å². The fraction of sp³-hybridized carbons (Fsp3) is 0.400. The molecule has 0 heterocycles. The predicted molar refractivity (Wildman–Crippen MR) is 68.9 cm³/mol. The number of sulfonamides is 1. The van der Waals surface area contributed by atoms with E-state index in [-0.39, 0.29) is 5.75 Å². The summed E-state index contributed by atoms with van der Waals surface area (Å²) in [5.74, 6) is 0.360. The van der Waals surface area contributed by atoms with Crippen molar-refractivity contribution >= 4 is 38.9 Å². The molecule has 0 spiro atoms. The van der Waals surface area contributed by atoms with Crippen molar-refractivity contribution in [3.8, 4) is 0 Å². The van der Waals surface area contributed by atoms with Crippen LogP contribution in [0.4, 0.5) is 5.69 Å². The van der Waals surface area contributed by atoms with E-state index >= 15 is 0 Å². The number of benzene rings is 1. The van der Waals surface area contributed by atoms with Gasteiger partial charge in [0.25, 0.3) is 0 Å². The molecule has 0 aliphatic carbocycles. The fourth-order valence-corrected chi connectivity index (χ4v) is 2.91. The molecule has 1 aromatic carbocycles. The highest BCUT2D eigenvalue weighted by atomic mass is 35.5. The number of nitrogens with one attached hydrogen (secondary N) is 1. The van der Waals surface area contributed by atoms with Gasteiger partial charge in [0, 0.05) is 10.9 Å². The number of aryl methyl sites for hydroxylation is 1. The summed E-state index contributed by atoms with van der Waals surface area (Å²) >= 11 is 11.2. The maximum atomic E-state index is 11.6. The lowest BCUT2D eigenvalue weighted by Gasteiger charge is -2.10. The lowest BCUT2D eigenvalue weighted by Crippen LogP contribution is -2.17. The molecule has 0 bridgehead atoms. The van der Waals surface area contributed by atoms with E-state index in [1.807, 2.05) is 0 Å². The lowest BCUT2D eigenvalue weighted by atomic mass is 10.2. The van der Waals surface area contributed by atoms with Crippen LogP contribution in [-0.4, -0.2) is 20.1 Å². The molecule has 0 amide bonds. The minimum absolute atomic E-state index is 0.0264. The third kappa shape index (κ3) is 4.20. The first-order chi connectivity index (χ1) is 7.44. The average Bonchev–Trinajstić information content (AvgIpc) is 2.19. The van der Waals surface area contributed by atoms with E-state index in [4.69, 9.17) is 23.2 Å². The number of anilines is 1. The zero-order chi connectivity index (χ0) is 12.2. The van der Waals surface area contributed by atoms with Crippen LogP contribution in [0.3, 0.4) is 0 Å². The second kappa shape index (κ2) is 5.75. The number of rotatable bonds is 5. The third-order valence-corrected chi connectivity index (χ3v) is 3.86. The van der Waals surface area contributed by atoms with Crippen LogP contribution in [0.2, 0.25) is 5.02 Å². The van der Waals surface area contributed by atoms with E-state index in [2.05, 4.69) is 4.72 Å². The number of hydrogen-bond donors (Lipinski definition) is 1. The van der Waals surface area contributed by atoms with Crippen molar-refractivity contribution in [1.29, 1.82) is 0 Å². The first-order valence-corrected chi connectivity index (χ1v) is 7.34. The number of halogens is 2. The van der Waals surface area contributed by atoms with Gasteiger partial charge >= 0.3 is 0 Å². The Balaban J connectivity index is 2.80. The molecule has 1 N–H and O–H groups in total. The maximum Gasteiger partial charge on any atom is 0.232 e. The predicted octanol–water partition coefficient (Wildman–Crippen LogP) is 3.02. The van der Waals surface area contributed by atoms with E-state index in [1.165, 1.54) is 0 Å². The molecule has 0 aliphatic heterocycles. The van der Waals surface area contributed by atoms with Crippen molar-refractivity contribution in [3.05, 3.63) is 28.8 Å². The third-order valence-electron chi connectivity index (χ3n) is 2.00. The van der Waals surface area contributed by atoms with Crippen LogP contribution in [-0.2, 0) is 10.0 Å². The number of hydrogen-bond acceptors (Lipinski definition) is 2. The van der Waals surface area contributed by atoms with Crippen LogP contribution in [0.5, 0.6) is 0 Å². The molecule has 0 unspecified atom stereocenters. The van der Waals surface area contributed by atoms with Crippen molar-refractivity contribution in [2.75, 3.05) is 16.4 Å². The van der Waals surface area contributed by atoms with Crippen LogP contribution < -0.4 is 4.72 Å². The second-order valence-electron chi connectivity index (χ2n) is 3.42. The van der Waals surface area contributed by atoms with E-state index in [0.29, 0.717) is 23.0 Å². The average molecular weight is 282 g/mol. The van der Waals surface area contributed by atoms with Gasteiger partial charge in [-0.25, -0.2) is 8.42 Å². The Morgan fingerprint density at radius 3 is 2.62 bits per heavy atom. The highest BCUT2D eigenvalue weighted by Gasteiger charge is 2.11. The monoisotopic (exact) mass is 281 g/mol. The first kappa shape index (κ1) is 13.6. The van der Waals surface area contributed by atoms with Gasteiger partial charge in [0.2, 0.25) is 10.0 Å². The van der Waals surface area contributed by atoms with Crippen molar-refractivity contribution in [2.45, 2.75) is 13.3 Å². The smallest absolute Gasteiger partial charge is 0.232 e. The van der Waals surface area contributed by atoms with Gasteiger partial charge in [-0.1, -0.05) is 11.6 Å². The summed E-state index contributed by atoms with van der Waals surface area (Å²) in [4.78, 5) is 0. The zero-order valence-corrected chi connectivity index (χ0v) is 11.2. The Labute approximate surface area is 106 Å². The van der Waals surface area contributed by atoms with Gasteiger partial charge in [0.15, 0.2) is 0 Å². The fourth-order valence-electron chi connectivity index (χ4n) is 1.20. The number of alkyl halides is 1. The molecule has 0 fully saturated rings. The summed E-state index contributed by atoms with van der Waals surface area (Å²) in [6.45, 7) is 1.80. The second-order valence-corrected chi connectivity index (χ2v) is 6.08. The molecule has 1 aromatic rings.